The van der Waals surface area contributed by atoms with Crippen molar-refractivity contribution in [3.05, 3.63) is 54.6 Å². The van der Waals surface area contributed by atoms with E-state index in [9.17, 15) is 0 Å². The quantitative estimate of drug-likeness (QED) is 0.766. The number of rotatable bonds is 3. The lowest BCUT2D eigenvalue weighted by molar-refractivity contribution is 0.323. The molecule has 0 radical (unpaired) electrons. The van der Waals surface area contributed by atoms with E-state index in [2.05, 4.69) is 25.2 Å². The molecule has 134 valence electrons. The Kier molecular flexibility index (Phi) is 2.92. The second-order valence-corrected chi connectivity index (χ2v) is 7.18. The zero-order valence-corrected chi connectivity index (χ0v) is 14.6. The van der Waals surface area contributed by atoms with E-state index in [1.807, 2.05) is 30.3 Å². The van der Waals surface area contributed by atoms with Gasteiger partial charge in [-0.3, -0.25) is 0 Å². The van der Waals surface area contributed by atoms with Gasteiger partial charge in [0.1, 0.15) is 17.8 Å². The van der Waals surface area contributed by atoms with E-state index in [4.69, 9.17) is 9.47 Å². The number of pyridine rings is 1. The summed E-state index contributed by atoms with van der Waals surface area (Å²) in [5.74, 6) is 3.23. The van der Waals surface area contributed by atoms with Crippen LogP contribution in [0.1, 0.15) is 18.4 Å². The molecule has 0 unspecified atom stereocenters. The summed E-state index contributed by atoms with van der Waals surface area (Å²) >= 11 is 0. The van der Waals surface area contributed by atoms with Gasteiger partial charge in [-0.05, 0) is 31.0 Å². The van der Waals surface area contributed by atoms with Gasteiger partial charge in [0, 0.05) is 17.0 Å². The van der Waals surface area contributed by atoms with Crippen molar-refractivity contribution < 1.29 is 9.47 Å². The van der Waals surface area contributed by atoms with Crippen molar-refractivity contribution in [2.75, 3.05) is 23.5 Å². The third-order valence-electron chi connectivity index (χ3n) is 5.50. The SMILES string of the molecule is c1cc2c(c(Oc3ccc(N4CNc5cncnc54)cn3)c1)C1(CC1)CO2. The fourth-order valence-electron chi connectivity index (χ4n) is 3.89. The molecule has 2 aliphatic heterocycles. The molecule has 4 heterocycles. The number of hydrogen-bond donors (Lipinski definition) is 1. The molecule has 1 saturated carbocycles. The Morgan fingerprint density at radius 1 is 1.11 bits per heavy atom. The highest BCUT2D eigenvalue weighted by Crippen LogP contribution is 2.58. The van der Waals surface area contributed by atoms with Crippen LogP contribution in [0, 0.1) is 0 Å². The summed E-state index contributed by atoms with van der Waals surface area (Å²) in [7, 11) is 0. The zero-order chi connectivity index (χ0) is 17.8. The average molecular weight is 359 g/mol. The molecule has 1 aromatic carbocycles. The van der Waals surface area contributed by atoms with Gasteiger partial charge in [-0.15, -0.1) is 0 Å². The van der Waals surface area contributed by atoms with Crippen LogP contribution in [0.4, 0.5) is 17.2 Å². The molecular formula is C20H17N5O2. The molecule has 6 rings (SSSR count). The van der Waals surface area contributed by atoms with Gasteiger partial charge in [0.15, 0.2) is 5.82 Å². The Morgan fingerprint density at radius 2 is 2.07 bits per heavy atom. The monoisotopic (exact) mass is 359 g/mol. The summed E-state index contributed by atoms with van der Waals surface area (Å²) in [6.45, 7) is 1.40. The third-order valence-corrected chi connectivity index (χ3v) is 5.50. The summed E-state index contributed by atoms with van der Waals surface area (Å²) in [4.78, 5) is 15.0. The lowest BCUT2D eigenvalue weighted by atomic mass is 9.97. The summed E-state index contributed by atoms with van der Waals surface area (Å²) < 4.78 is 12.0. The summed E-state index contributed by atoms with van der Waals surface area (Å²) in [6, 6.07) is 9.87. The second-order valence-electron chi connectivity index (χ2n) is 7.18. The number of benzene rings is 1. The van der Waals surface area contributed by atoms with Crippen LogP contribution in [0.2, 0.25) is 0 Å². The van der Waals surface area contributed by atoms with Crippen molar-refractivity contribution in [2.45, 2.75) is 18.3 Å². The van der Waals surface area contributed by atoms with E-state index in [-0.39, 0.29) is 5.41 Å². The third kappa shape index (κ3) is 2.24. The topological polar surface area (TPSA) is 72.4 Å². The van der Waals surface area contributed by atoms with Crippen LogP contribution in [-0.2, 0) is 5.41 Å². The first-order chi connectivity index (χ1) is 13.3. The number of ether oxygens (including phenoxy) is 2. The maximum absolute atomic E-state index is 6.13. The fraction of sp³-hybridized carbons (Fsp3) is 0.250. The van der Waals surface area contributed by atoms with E-state index >= 15 is 0 Å². The van der Waals surface area contributed by atoms with E-state index in [1.54, 1.807) is 18.7 Å². The summed E-state index contributed by atoms with van der Waals surface area (Å²) in [6.07, 6.45) is 7.46. The second kappa shape index (κ2) is 5.33. The molecule has 3 aromatic rings. The Morgan fingerprint density at radius 3 is 2.93 bits per heavy atom. The Hall–Kier alpha value is -3.35. The number of hydrogen-bond acceptors (Lipinski definition) is 7. The normalized spacial score (nSPS) is 17.9. The number of aromatic nitrogens is 3. The van der Waals surface area contributed by atoms with Gasteiger partial charge in [0.25, 0.3) is 0 Å². The van der Waals surface area contributed by atoms with Gasteiger partial charge in [-0.1, -0.05) is 6.07 Å². The Labute approximate surface area is 156 Å². The maximum Gasteiger partial charge on any atom is 0.219 e. The van der Waals surface area contributed by atoms with Crippen LogP contribution in [0.25, 0.3) is 0 Å². The first-order valence-corrected chi connectivity index (χ1v) is 9.04. The highest BCUT2D eigenvalue weighted by molar-refractivity contribution is 5.76. The van der Waals surface area contributed by atoms with E-state index in [1.165, 1.54) is 5.56 Å². The molecule has 1 aliphatic carbocycles. The van der Waals surface area contributed by atoms with Gasteiger partial charge < -0.3 is 19.7 Å². The highest BCUT2D eigenvalue weighted by Gasteiger charge is 2.52. The summed E-state index contributed by atoms with van der Waals surface area (Å²) in [5, 5.41) is 3.28. The standard InChI is InChI=1S/C20H17N5O2/c1-2-15-18(20(6-7-20)10-26-15)16(3-1)27-17-5-4-13(8-22-17)25-12-24-14-9-21-11-23-19(14)25/h1-5,8-9,11,24H,6-7,10,12H2. The molecule has 0 saturated heterocycles. The van der Waals surface area contributed by atoms with Gasteiger partial charge in [-0.25, -0.2) is 15.0 Å². The van der Waals surface area contributed by atoms with E-state index in [0.717, 1.165) is 48.1 Å². The van der Waals surface area contributed by atoms with Crippen molar-refractivity contribution in [1.29, 1.82) is 0 Å². The first kappa shape index (κ1) is 14.8. The molecule has 3 aliphatic rings. The molecule has 27 heavy (non-hydrogen) atoms. The fourth-order valence-corrected chi connectivity index (χ4v) is 3.89. The molecule has 7 heteroatoms. The molecule has 7 nitrogen and oxygen atoms in total. The van der Waals surface area contributed by atoms with Crippen molar-refractivity contribution in [2.24, 2.45) is 0 Å². The van der Waals surface area contributed by atoms with Crippen molar-refractivity contribution >= 4 is 17.2 Å². The number of nitrogens with one attached hydrogen (secondary N) is 1. The molecule has 1 fully saturated rings. The largest absolute Gasteiger partial charge is 0.492 e. The minimum absolute atomic E-state index is 0.163. The minimum Gasteiger partial charge on any atom is -0.492 e. The van der Waals surface area contributed by atoms with Crippen molar-refractivity contribution in [3.8, 4) is 17.4 Å². The molecular weight excluding hydrogens is 342 g/mol. The molecule has 1 N–H and O–H groups in total. The molecule has 1 spiro atoms. The van der Waals surface area contributed by atoms with Gasteiger partial charge >= 0.3 is 0 Å². The van der Waals surface area contributed by atoms with Crippen LogP contribution < -0.4 is 19.7 Å². The minimum atomic E-state index is 0.163. The maximum atomic E-state index is 6.13. The van der Waals surface area contributed by atoms with Crippen LogP contribution in [0.15, 0.2) is 49.1 Å². The zero-order valence-electron chi connectivity index (χ0n) is 14.6. The average Bonchev–Trinajstić information content (AvgIpc) is 3.20. The van der Waals surface area contributed by atoms with Crippen molar-refractivity contribution in [1.82, 2.24) is 15.0 Å². The van der Waals surface area contributed by atoms with E-state index in [0.29, 0.717) is 12.5 Å². The smallest absolute Gasteiger partial charge is 0.219 e. The summed E-state index contributed by atoms with van der Waals surface area (Å²) in [5.41, 5.74) is 3.24. The molecule has 2 aromatic heterocycles. The predicted octanol–water partition coefficient (Wildman–Crippen LogP) is 3.61. The predicted molar refractivity (Wildman–Crippen MR) is 99.8 cm³/mol. The molecule has 0 atom stereocenters. The van der Waals surface area contributed by atoms with Crippen LogP contribution in [-0.4, -0.2) is 28.2 Å². The van der Waals surface area contributed by atoms with Gasteiger partial charge in [0.2, 0.25) is 5.88 Å². The Balaban J connectivity index is 1.28. The van der Waals surface area contributed by atoms with Crippen molar-refractivity contribution in [3.63, 3.8) is 0 Å². The van der Waals surface area contributed by atoms with Gasteiger partial charge in [-0.2, -0.15) is 0 Å². The van der Waals surface area contributed by atoms with Crippen LogP contribution in [0.3, 0.4) is 0 Å². The van der Waals surface area contributed by atoms with Crippen LogP contribution in [0.5, 0.6) is 17.4 Å². The van der Waals surface area contributed by atoms with E-state index < -0.39 is 0 Å². The van der Waals surface area contributed by atoms with Crippen LogP contribution >= 0.6 is 0 Å². The van der Waals surface area contributed by atoms with Gasteiger partial charge in [0.05, 0.1) is 37.0 Å². The lowest BCUT2D eigenvalue weighted by Crippen LogP contribution is -2.17. The number of fused-ring (bicyclic) bond motifs is 3. The number of nitrogens with zero attached hydrogens (tertiary/aromatic N) is 4. The highest BCUT2D eigenvalue weighted by atomic mass is 16.5. The Bertz CT molecular complexity index is 1030. The molecule has 0 amide bonds. The lowest BCUT2D eigenvalue weighted by Gasteiger charge is -2.17. The molecule has 0 bridgehead atoms. The number of anilines is 3. The first-order valence-electron chi connectivity index (χ1n) is 9.04.